The quantitative estimate of drug-likeness (QED) is 0.0638. The molecule has 0 radical (unpaired) electrons. The maximum absolute atomic E-state index is 11.9. The van der Waals surface area contributed by atoms with E-state index in [1.54, 1.807) is 24.3 Å². The Morgan fingerprint density at radius 3 is 1.25 bits per heavy atom. The Hall–Kier alpha value is -3.16. The smallest absolute Gasteiger partial charge is 0.287 e. The van der Waals surface area contributed by atoms with Gasteiger partial charge in [0.1, 0.15) is 13.1 Å². The molecule has 0 amide bonds. The lowest BCUT2D eigenvalue weighted by molar-refractivity contribution is -0.697. The van der Waals surface area contributed by atoms with Crippen LogP contribution in [0.15, 0.2) is 49.1 Å². The largest absolute Gasteiger partial charge is 0.355 e. The Labute approximate surface area is 240 Å². The van der Waals surface area contributed by atoms with E-state index in [0.717, 1.165) is 25.9 Å². The van der Waals surface area contributed by atoms with Crippen LogP contribution in [-0.2, 0) is 32.5 Å². The van der Waals surface area contributed by atoms with E-state index >= 15 is 0 Å². The van der Waals surface area contributed by atoms with Crippen LogP contribution in [0, 0.1) is 0 Å². The standard InChI is InChI=1S/C32H50N2O6/c1-3-5-7-9-11-15-23-33-25-19-29(20-26-33)37-39-31(35)17-13-14-18-32(36)40-38-30-21-27-34(28-22-30)24-16-12-10-8-6-4-2/h19-22,25-28H,3-18,23-24H2,1-2H3/q+2. The second-order valence-electron chi connectivity index (χ2n) is 10.4. The number of rotatable bonds is 23. The molecule has 40 heavy (non-hydrogen) atoms. The zero-order valence-electron chi connectivity index (χ0n) is 24.7. The number of aryl methyl sites for hydroxylation is 2. The predicted molar refractivity (Wildman–Crippen MR) is 152 cm³/mol. The Balaban J connectivity index is 1.49. The first-order valence-electron chi connectivity index (χ1n) is 15.3. The van der Waals surface area contributed by atoms with E-state index in [-0.39, 0.29) is 12.8 Å². The number of unbranched alkanes of at least 4 members (excludes halogenated alkanes) is 11. The van der Waals surface area contributed by atoms with Crippen LogP contribution < -0.4 is 18.9 Å². The topological polar surface area (TPSA) is 78.8 Å². The highest BCUT2D eigenvalue weighted by molar-refractivity contribution is 5.70. The molecule has 2 heterocycles. The van der Waals surface area contributed by atoms with Crippen molar-refractivity contribution in [1.82, 2.24) is 0 Å². The molecule has 2 aromatic rings. The second kappa shape index (κ2) is 21.6. The fraction of sp³-hybridized carbons (Fsp3) is 0.625. The molecule has 0 aliphatic heterocycles. The summed E-state index contributed by atoms with van der Waals surface area (Å²) < 4.78 is 4.20. The van der Waals surface area contributed by atoms with Gasteiger partial charge in [0, 0.05) is 37.1 Å². The lowest BCUT2D eigenvalue weighted by Crippen LogP contribution is -2.32. The average Bonchev–Trinajstić information content (AvgIpc) is 2.98. The molecular weight excluding hydrogens is 508 g/mol. The number of hydrogen-bond acceptors (Lipinski definition) is 6. The van der Waals surface area contributed by atoms with Crippen LogP contribution in [-0.4, -0.2) is 11.9 Å². The number of hydrogen-bond donors (Lipinski definition) is 0. The Kier molecular flexibility index (Phi) is 17.9. The maximum Gasteiger partial charge on any atom is 0.355 e. The molecule has 0 aliphatic rings. The fourth-order valence-corrected chi connectivity index (χ4v) is 4.26. The van der Waals surface area contributed by atoms with Gasteiger partial charge in [0.15, 0.2) is 36.3 Å². The third-order valence-electron chi connectivity index (χ3n) is 6.73. The highest BCUT2D eigenvalue weighted by Crippen LogP contribution is 2.11. The predicted octanol–water partition coefficient (Wildman–Crippen LogP) is 6.92. The van der Waals surface area contributed by atoms with Gasteiger partial charge in [-0.3, -0.25) is 19.6 Å². The molecule has 0 saturated heterocycles. The molecule has 8 nitrogen and oxygen atoms in total. The summed E-state index contributed by atoms with van der Waals surface area (Å²) in [6.45, 7) is 6.38. The molecule has 0 N–H and O–H groups in total. The van der Waals surface area contributed by atoms with E-state index in [9.17, 15) is 9.59 Å². The molecule has 0 atom stereocenters. The van der Waals surface area contributed by atoms with Crippen molar-refractivity contribution in [2.45, 2.75) is 130 Å². The molecular formula is C32H50N2O6+2. The number of pyridine rings is 2. The zero-order chi connectivity index (χ0) is 28.7. The highest BCUT2D eigenvalue weighted by atomic mass is 17.2. The molecule has 0 aliphatic carbocycles. The van der Waals surface area contributed by atoms with Gasteiger partial charge in [-0.05, 0) is 25.7 Å². The van der Waals surface area contributed by atoms with Gasteiger partial charge >= 0.3 is 11.9 Å². The van der Waals surface area contributed by atoms with Crippen LogP contribution in [0.1, 0.15) is 117 Å². The summed E-state index contributed by atoms with van der Waals surface area (Å²) in [7, 11) is 0. The summed E-state index contributed by atoms with van der Waals surface area (Å²) >= 11 is 0. The third-order valence-corrected chi connectivity index (χ3v) is 6.73. The number of aromatic nitrogens is 2. The van der Waals surface area contributed by atoms with Crippen LogP contribution in [0.3, 0.4) is 0 Å². The summed E-state index contributed by atoms with van der Waals surface area (Å²) in [4.78, 5) is 43.9. The molecule has 0 spiro atoms. The summed E-state index contributed by atoms with van der Waals surface area (Å²) in [5.41, 5.74) is 0. The van der Waals surface area contributed by atoms with Crippen molar-refractivity contribution in [2.24, 2.45) is 0 Å². The Bertz CT molecular complexity index is 856. The van der Waals surface area contributed by atoms with Gasteiger partial charge < -0.3 is 0 Å². The van der Waals surface area contributed by atoms with Crippen molar-refractivity contribution in [3.63, 3.8) is 0 Å². The molecule has 0 unspecified atom stereocenters. The molecule has 0 saturated carbocycles. The summed E-state index contributed by atoms with van der Waals surface area (Å²) in [6, 6.07) is 7.12. The van der Waals surface area contributed by atoms with Gasteiger partial charge in [0.2, 0.25) is 0 Å². The van der Waals surface area contributed by atoms with Crippen molar-refractivity contribution in [3.8, 4) is 11.5 Å². The number of carbonyl (C=O) groups excluding carboxylic acids is 2. The summed E-state index contributed by atoms with van der Waals surface area (Å²) in [5.74, 6) is -0.0109. The summed E-state index contributed by atoms with van der Waals surface area (Å²) in [5, 5.41) is 0. The van der Waals surface area contributed by atoms with Gasteiger partial charge in [0.25, 0.3) is 0 Å². The van der Waals surface area contributed by atoms with Crippen LogP contribution in [0.2, 0.25) is 0 Å². The molecule has 0 fully saturated rings. The molecule has 2 aromatic heterocycles. The van der Waals surface area contributed by atoms with E-state index in [2.05, 4.69) is 23.0 Å². The normalized spacial score (nSPS) is 10.8. The van der Waals surface area contributed by atoms with Crippen molar-refractivity contribution in [1.29, 1.82) is 0 Å². The molecule has 2 rings (SSSR count). The van der Waals surface area contributed by atoms with Crippen LogP contribution in [0.4, 0.5) is 0 Å². The van der Waals surface area contributed by atoms with Crippen LogP contribution >= 0.6 is 0 Å². The SMILES string of the molecule is CCCCCCCC[n+]1ccc(OOC(=O)CCCCC(=O)OOc2cc[n+](CCCCCCCC)cc2)cc1. The fourth-order valence-electron chi connectivity index (χ4n) is 4.26. The molecule has 222 valence electrons. The summed E-state index contributed by atoms with van der Waals surface area (Å²) in [6.07, 6.45) is 24.1. The Morgan fingerprint density at radius 2 is 0.875 bits per heavy atom. The van der Waals surface area contributed by atoms with E-state index in [4.69, 9.17) is 19.6 Å². The van der Waals surface area contributed by atoms with Gasteiger partial charge in [0.05, 0.1) is 12.8 Å². The van der Waals surface area contributed by atoms with E-state index in [0.29, 0.717) is 24.3 Å². The average molecular weight is 559 g/mol. The minimum atomic E-state index is -0.480. The van der Waals surface area contributed by atoms with Crippen LogP contribution in [0.5, 0.6) is 11.5 Å². The van der Waals surface area contributed by atoms with Gasteiger partial charge in [-0.25, -0.2) is 18.7 Å². The first-order chi connectivity index (χ1) is 19.6. The van der Waals surface area contributed by atoms with E-state index in [1.165, 1.54) is 64.2 Å². The van der Waals surface area contributed by atoms with Crippen molar-refractivity contribution < 1.29 is 38.3 Å². The first-order valence-corrected chi connectivity index (χ1v) is 15.3. The molecule has 0 bridgehead atoms. The second-order valence-corrected chi connectivity index (χ2v) is 10.4. The zero-order valence-corrected chi connectivity index (χ0v) is 24.7. The van der Waals surface area contributed by atoms with E-state index in [1.807, 2.05) is 24.8 Å². The molecule has 0 aromatic carbocycles. The van der Waals surface area contributed by atoms with Crippen molar-refractivity contribution in [2.75, 3.05) is 0 Å². The lowest BCUT2D eigenvalue weighted by atomic mass is 10.1. The first kappa shape index (κ1) is 33.0. The van der Waals surface area contributed by atoms with Crippen LogP contribution in [0.25, 0.3) is 0 Å². The lowest BCUT2D eigenvalue weighted by Gasteiger charge is -2.05. The maximum atomic E-state index is 11.9. The van der Waals surface area contributed by atoms with E-state index < -0.39 is 11.9 Å². The number of nitrogens with zero attached hydrogens (tertiary/aromatic N) is 2. The Morgan fingerprint density at radius 1 is 0.525 bits per heavy atom. The third kappa shape index (κ3) is 16.1. The van der Waals surface area contributed by atoms with Crippen molar-refractivity contribution >= 4 is 11.9 Å². The minimum Gasteiger partial charge on any atom is -0.287 e. The van der Waals surface area contributed by atoms with Gasteiger partial charge in [-0.1, -0.05) is 65.2 Å². The van der Waals surface area contributed by atoms with Gasteiger partial charge in [-0.15, -0.1) is 0 Å². The minimum absolute atomic E-state index is 0.149. The number of carbonyl (C=O) groups is 2. The monoisotopic (exact) mass is 558 g/mol. The van der Waals surface area contributed by atoms with Crippen molar-refractivity contribution in [3.05, 3.63) is 49.1 Å². The van der Waals surface area contributed by atoms with Gasteiger partial charge in [-0.2, -0.15) is 0 Å². The molecule has 8 heteroatoms. The highest BCUT2D eigenvalue weighted by Gasteiger charge is 2.11.